The quantitative estimate of drug-likeness (QED) is 0.273. The SMILES string of the molecule is CC(C)C1C(C)C(C)N(C(C)C)C(C)C1C.CC(C)C1C(C)C2(C)CC(C)(C1C)N2C(C)C.CC(C)C1C2(C)CC1(C)C(C)N(C(C)C)C2C. The van der Waals surface area contributed by atoms with Crippen LogP contribution in [0.15, 0.2) is 0 Å². The van der Waals surface area contributed by atoms with Crippen LogP contribution in [0.4, 0.5) is 0 Å². The van der Waals surface area contributed by atoms with Crippen molar-refractivity contribution in [3.05, 3.63) is 0 Å². The zero-order chi connectivity index (χ0) is 39.0. The summed E-state index contributed by atoms with van der Waals surface area (Å²) in [6.07, 6.45) is 2.82. The first-order valence-electron chi connectivity index (χ1n) is 21.9. The van der Waals surface area contributed by atoms with E-state index >= 15 is 0 Å². The van der Waals surface area contributed by atoms with E-state index in [4.69, 9.17) is 0 Å². The van der Waals surface area contributed by atoms with Crippen molar-refractivity contribution >= 4 is 0 Å². The Labute approximate surface area is 316 Å². The highest BCUT2D eigenvalue weighted by atomic mass is 15.4. The topological polar surface area (TPSA) is 9.72 Å². The largest absolute Gasteiger partial charge is 0.295 e. The molecule has 12 unspecified atom stereocenters. The van der Waals surface area contributed by atoms with Gasteiger partial charge in [0, 0.05) is 53.4 Å². The summed E-state index contributed by atoms with van der Waals surface area (Å²) in [7, 11) is 0. The highest BCUT2D eigenvalue weighted by Gasteiger charge is 2.69. The number of piperidine rings is 4. The fourth-order valence-electron chi connectivity index (χ4n) is 15.8. The second kappa shape index (κ2) is 15.2. The lowest BCUT2D eigenvalue weighted by molar-refractivity contribution is -0.262. The van der Waals surface area contributed by atoms with Gasteiger partial charge >= 0.3 is 0 Å². The van der Waals surface area contributed by atoms with E-state index in [0.29, 0.717) is 40.0 Å². The van der Waals surface area contributed by atoms with E-state index in [9.17, 15) is 0 Å². The third-order valence-corrected chi connectivity index (χ3v) is 17.5. The molecule has 0 radical (unpaired) electrons. The number of likely N-dealkylation sites (tertiary alicyclic amines) is 1. The van der Waals surface area contributed by atoms with Gasteiger partial charge in [0.05, 0.1) is 0 Å². The van der Waals surface area contributed by atoms with Gasteiger partial charge in [0.15, 0.2) is 0 Å². The highest BCUT2D eigenvalue weighted by Crippen LogP contribution is 2.70. The average Bonchev–Trinajstić information content (AvgIpc) is 2.93. The van der Waals surface area contributed by atoms with Crippen molar-refractivity contribution in [2.75, 3.05) is 0 Å². The molecule has 7 fully saturated rings. The number of rotatable bonds is 6. The molecule has 0 amide bonds. The summed E-state index contributed by atoms with van der Waals surface area (Å²) in [5.74, 6) is 8.37. The molecule has 50 heavy (non-hydrogen) atoms. The van der Waals surface area contributed by atoms with Crippen LogP contribution in [0.3, 0.4) is 0 Å². The normalized spacial score (nSPS) is 48.0. The second-order valence-electron chi connectivity index (χ2n) is 22.1. The molecule has 296 valence electrons. The molecule has 0 spiro atoms. The predicted molar refractivity (Wildman–Crippen MR) is 223 cm³/mol. The standard InChI is InChI=1S/2C16H31N.C15H31N/c1-10(2)14-15(7)9-16(14,8)13(6)17(11(3)4)12(15)5;1-10(2)14-12(5)15(7)9-16(8,13(14)6)17(15)11(3)4;1-9(2)15-11(5)13(7)16(10(3)4)14(8)12(15)6/h2*10-14H,9H2,1-8H3;9-15H,1-8H3. The van der Waals surface area contributed by atoms with Crippen molar-refractivity contribution in [1.82, 2.24) is 14.7 Å². The number of hydrogen-bond donors (Lipinski definition) is 0. The Bertz CT molecular complexity index is 964. The van der Waals surface area contributed by atoms with E-state index in [1.54, 1.807) is 0 Å². The maximum atomic E-state index is 2.81. The average molecular weight is 700 g/mol. The van der Waals surface area contributed by atoms with Crippen LogP contribution in [-0.4, -0.2) is 68.1 Å². The van der Waals surface area contributed by atoms with Gasteiger partial charge in [0.25, 0.3) is 0 Å². The third-order valence-electron chi connectivity index (χ3n) is 17.5. The van der Waals surface area contributed by atoms with Crippen LogP contribution in [-0.2, 0) is 0 Å². The minimum atomic E-state index is 0.449. The van der Waals surface area contributed by atoms with E-state index in [-0.39, 0.29) is 0 Å². The van der Waals surface area contributed by atoms with Gasteiger partial charge in [-0.3, -0.25) is 14.7 Å². The Hall–Kier alpha value is -0.120. The first-order valence-corrected chi connectivity index (χ1v) is 21.9. The van der Waals surface area contributed by atoms with Gasteiger partial charge in [-0.2, -0.15) is 0 Å². The minimum absolute atomic E-state index is 0.449. The Kier molecular flexibility index (Phi) is 13.5. The van der Waals surface area contributed by atoms with Crippen LogP contribution in [0.25, 0.3) is 0 Å². The molecule has 3 heteroatoms. The summed E-state index contributed by atoms with van der Waals surface area (Å²) in [5, 5.41) is 0. The fraction of sp³-hybridized carbons (Fsp3) is 1.00. The Morgan fingerprint density at radius 3 is 1.08 bits per heavy atom. The molecule has 4 bridgehead atoms. The van der Waals surface area contributed by atoms with Gasteiger partial charge in [-0.15, -0.1) is 0 Å². The van der Waals surface area contributed by atoms with E-state index in [1.807, 2.05) is 0 Å². The molecule has 12 atom stereocenters. The lowest BCUT2D eigenvalue weighted by Gasteiger charge is -2.76. The number of fused-ring (bicyclic) bond motifs is 4. The van der Waals surface area contributed by atoms with Crippen molar-refractivity contribution in [2.45, 2.75) is 232 Å². The maximum absolute atomic E-state index is 2.81. The van der Waals surface area contributed by atoms with Crippen molar-refractivity contribution in [3.8, 4) is 0 Å². The predicted octanol–water partition coefficient (Wildman–Crippen LogP) is 12.4. The molecular formula is C47H93N3. The summed E-state index contributed by atoms with van der Waals surface area (Å²) in [5.41, 5.74) is 1.98. The van der Waals surface area contributed by atoms with Gasteiger partial charge in [-0.05, 0) is 166 Å². The van der Waals surface area contributed by atoms with Gasteiger partial charge in [0.2, 0.25) is 0 Å². The first-order chi connectivity index (χ1) is 22.6. The van der Waals surface area contributed by atoms with Gasteiger partial charge < -0.3 is 0 Å². The Morgan fingerprint density at radius 1 is 0.440 bits per heavy atom. The molecule has 0 N–H and O–H groups in total. The summed E-state index contributed by atoms with van der Waals surface area (Å²) >= 11 is 0. The lowest BCUT2D eigenvalue weighted by Crippen LogP contribution is -2.82. The van der Waals surface area contributed by atoms with Crippen LogP contribution in [0, 0.1) is 70.0 Å². The molecule has 7 aliphatic rings. The Balaban J connectivity index is 0.000000203. The van der Waals surface area contributed by atoms with Gasteiger partial charge in [-0.1, -0.05) is 83.1 Å². The maximum Gasteiger partial charge on any atom is 0.0235 e. The van der Waals surface area contributed by atoms with Crippen LogP contribution in [0.2, 0.25) is 0 Å². The van der Waals surface area contributed by atoms with Gasteiger partial charge in [0.1, 0.15) is 0 Å². The molecule has 7 rings (SSSR count). The van der Waals surface area contributed by atoms with Crippen molar-refractivity contribution in [2.24, 2.45) is 70.0 Å². The van der Waals surface area contributed by atoms with Crippen LogP contribution in [0.5, 0.6) is 0 Å². The third kappa shape index (κ3) is 6.86. The first kappa shape index (κ1) is 44.3. The van der Waals surface area contributed by atoms with E-state index < -0.39 is 0 Å². The smallest absolute Gasteiger partial charge is 0.0235 e. The molecule has 0 aromatic carbocycles. The summed E-state index contributed by atoms with van der Waals surface area (Å²) < 4.78 is 0. The zero-order valence-electron chi connectivity index (χ0n) is 38.6. The molecule has 0 aromatic heterocycles. The second-order valence-corrected chi connectivity index (χ2v) is 22.1. The molecule has 0 aromatic rings. The van der Waals surface area contributed by atoms with Gasteiger partial charge in [-0.25, -0.2) is 0 Å². The molecular weight excluding hydrogens is 607 g/mol. The van der Waals surface area contributed by atoms with E-state index in [0.717, 1.165) is 83.3 Å². The zero-order valence-corrected chi connectivity index (χ0v) is 38.6. The summed E-state index contributed by atoms with van der Waals surface area (Å²) in [4.78, 5) is 8.30. The van der Waals surface area contributed by atoms with E-state index in [2.05, 4.69) is 181 Å². The lowest BCUT2D eigenvalue weighted by atomic mass is 9.37. The van der Waals surface area contributed by atoms with E-state index in [1.165, 1.54) is 12.8 Å². The molecule has 5 heterocycles. The number of hydrogen-bond acceptors (Lipinski definition) is 3. The highest BCUT2D eigenvalue weighted by molar-refractivity contribution is 5.22. The Morgan fingerprint density at radius 2 is 0.800 bits per heavy atom. The van der Waals surface area contributed by atoms with Crippen LogP contribution in [0.1, 0.15) is 179 Å². The monoisotopic (exact) mass is 700 g/mol. The van der Waals surface area contributed by atoms with Crippen molar-refractivity contribution in [3.63, 3.8) is 0 Å². The summed E-state index contributed by atoms with van der Waals surface area (Å²) in [6, 6.07) is 4.92. The van der Waals surface area contributed by atoms with Crippen molar-refractivity contribution < 1.29 is 0 Å². The summed E-state index contributed by atoms with van der Waals surface area (Å²) in [6.45, 7) is 58.3. The number of nitrogens with zero attached hydrogens (tertiary/aromatic N) is 3. The molecule has 2 aliphatic carbocycles. The molecule has 3 nitrogen and oxygen atoms in total. The van der Waals surface area contributed by atoms with Crippen LogP contribution < -0.4 is 0 Å². The molecule has 5 saturated heterocycles. The minimum Gasteiger partial charge on any atom is -0.295 e. The van der Waals surface area contributed by atoms with Crippen LogP contribution >= 0.6 is 0 Å². The fourth-order valence-corrected chi connectivity index (χ4v) is 15.8. The van der Waals surface area contributed by atoms with Crippen molar-refractivity contribution in [1.29, 1.82) is 0 Å². The molecule has 5 aliphatic heterocycles. The molecule has 2 saturated carbocycles.